The van der Waals surface area contributed by atoms with E-state index >= 15 is 0 Å². The van der Waals surface area contributed by atoms with Gasteiger partial charge in [0.25, 0.3) is 5.91 Å². The third kappa shape index (κ3) is 5.90. The van der Waals surface area contributed by atoms with Gasteiger partial charge in [0.2, 0.25) is 0 Å². The van der Waals surface area contributed by atoms with Crippen molar-refractivity contribution < 1.29 is 19.4 Å². The molecule has 1 aliphatic heterocycles. The molecule has 2 fully saturated rings. The van der Waals surface area contributed by atoms with Crippen LogP contribution in [0.1, 0.15) is 44.6 Å². The molecule has 2 aromatic rings. The van der Waals surface area contributed by atoms with Crippen LogP contribution >= 0.6 is 11.8 Å². The van der Waals surface area contributed by atoms with E-state index in [9.17, 15) is 9.59 Å². The Labute approximate surface area is 199 Å². The van der Waals surface area contributed by atoms with Crippen LogP contribution in [0.5, 0.6) is 5.75 Å². The lowest BCUT2D eigenvalue weighted by molar-refractivity contribution is -0.137. The minimum absolute atomic E-state index is 0.0395. The zero-order valence-corrected chi connectivity index (χ0v) is 19.6. The summed E-state index contributed by atoms with van der Waals surface area (Å²) in [6, 6.07) is 17.7. The molecule has 1 heterocycles. The van der Waals surface area contributed by atoms with E-state index in [4.69, 9.17) is 9.84 Å². The molecule has 2 aromatic carbocycles. The third-order valence-electron chi connectivity index (χ3n) is 6.19. The Hall–Kier alpha value is -2.93. The number of ether oxygens (including phenoxy) is 1. The summed E-state index contributed by atoms with van der Waals surface area (Å²) in [5, 5.41) is 12.3. The summed E-state index contributed by atoms with van der Waals surface area (Å²) in [4.78, 5) is 27.0. The smallest absolute Gasteiger partial charge is 0.306 e. The number of rotatable bonds is 8. The molecule has 6 nitrogen and oxygen atoms in total. The molecular formula is C26H30N2O4S. The molecule has 0 spiro atoms. The number of carbonyl (C=O) groups excluding carboxylic acids is 1. The Morgan fingerprint density at radius 3 is 2.58 bits per heavy atom. The van der Waals surface area contributed by atoms with Crippen LogP contribution in [0.15, 0.2) is 59.5 Å². The highest BCUT2D eigenvalue weighted by Gasteiger charge is 2.42. The normalized spacial score (nSPS) is 24.2. The second-order valence-corrected chi connectivity index (χ2v) is 9.71. The van der Waals surface area contributed by atoms with Gasteiger partial charge in [-0.25, -0.2) is 0 Å². The molecule has 3 atom stereocenters. The number of carbonyl (C=O) groups is 2. The van der Waals surface area contributed by atoms with Crippen LogP contribution in [0.4, 0.5) is 5.69 Å². The molecular weight excluding hydrogens is 436 g/mol. The van der Waals surface area contributed by atoms with E-state index in [1.807, 2.05) is 48.5 Å². The minimum Gasteiger partial charge on any atom is -0.493 e. The molecule has 2 N–H and O–H groups in total. The lowest BCUT2D eigenvalue weighted by atomic mass is 9.85. The summed E-state index contributed by atoms with van der Waals surface area (Å²) in [6.07, 6.45) is 6.47. The number of anilines is 1. The quantitative estimate of drug-likeness (QED) is 0.505. The van der Waals surface area contributed by atoms with E-state index in [0.29, 0.717) is 11.7 Å². The number of thioether (sulfide) groups is 1. The van der Waals surface area contributed by atoms with Gasteiger partial charge in [-0.3, -0.25) is 9.59 Å². The summed E-state index contributed by atoms with van der Waals surface area (Å²) in [6.45, 7) is 2.39. The van der Waals surface area contributed by atoms with E-state index in [0.717, 1.165) is 35.4 Å². The molecule has 1 saturated heterocycles. The minimum atomic E-state index is -0.886. The average Bonchev–Trinajstić information content (AvgIpc) is 3.10. The number of nitrogens with one attached hydrogen (secondary N) is 1. The summed E-state index contributed by atoms with van der Waals surface area (Å²) in [5.41, 5.74) is 1.77. The van der Waals surface area contributed by atoms with Crippen molar-refractivity contribution in [3.8, 4) is 5.75 Å². The second-order valence-electron chi connectivity index (χ2n) is 8.59. The number of aliphatic carboxylic acids is 1. The van der Waals surface area contributed by atoms with Gasteiger partial charge in [-0.05, 0) is 54.7 Å². The predicted octanol–water partition coefficient (Wildman–Crippen LogP) is 5.43. The largest absolute Gasteiger partial charge is 0.493 e. The Kier molecular flexibility index (Phi) is 7.60. The first kappa shape index (κ1) is 23.2. The highest BCUT2D eigenvalue weighted by atomic mass is 32.2. The SMILES string of the molecule is C[C@@H]1CCCC[C@@H]1N1C(=O)/C(=C/c2ccc(OCCC(=O)O)cc2)SC1Nc1ccccc1. The van der Waals surface area contributed by atoms with Crippen molar-refractivity contribution in [2.75, 3.05) is 11.9 Å². The van der Waals surface area contributed by atoms with E-state index in [2.05, 4.69) is 17.1 Å². The maximum absolute atomic E-state index is 13.5. The molecule has 2 aliphatic rings. The van der Waals surface area contributed by atoms with Gasteiger partial charge in [0.05, 0.1) is 17.9 Å². The number of carboxylic acids is 1. The molecule has 1 aliphatic carbocycles. The standard InChI is InChI=1S/C26H30N2O4S/c1-18-7-5-6-10-22(18)28-25(31)23(33-26(28)27-20-8-3-2-4-9-20)17-19-11-13-21(14-12-19)32-16-15-24(29)30/h2-4,8-9,11-14,17-18,22,26-27H,5-7,10,15-16H2,1H3,(H,29,30)/b23-17-/t18-,22+,26?/m1/s1. The van der Waals surface area contributed by atoms with Crippen LogP contribution in [0.3, 0.4) is 0 Å². The second kappa shape index (κ2) is 10.8. The monoisotopic (exact) mass is 466 g/mol. The molecule has 174 valence electrons. The summed E-state index contributed by atoms with van der Waals surface area (Å²) >= 11 is 1.56. The van der Waals surface area contributed by atoms with Gasteiger partial charge < -0.3 is 20.1 Å². The van der Waals surface area contributed by atoms with Gasteiger partial charge in [-0.2, -0.15) is 0 Å². The van der Waals surface area contributed by atoms with E-state index in [1.165, 1.54) is 6.42 Å². The third-order valence-corrected chi connectivity index (χ3v) is 7.30. The van der Waals surface area contributed by atoms with Crippen molar-refractivity contribution in [2.45, 2.75) is 50.6 Å². The topological polar surface area (TPSA) is 78.9 Å². The molecule has 7 heteroatoms. The fourth-order valence-corrected chi connectivity index (χ4v) is 5.65. The van der Waals surface area contributed by atoms with Crippen LogP contribution in [-0.2, 0) is 9.59 Å². The Bertz CT molecular complexity index is 993. The summed E-state index contributed by atoms with van der Waals surface area (Å²) < 4.78 is 5.46. The van der Waals surface area contributed by atoms with E-state index in [1.54, 1.807) is 23.9 Å². The molecule has 1 amide bonds. The molecule has 4 rings (SSSR count). The number of hydrogen-bond acceptors (Lipinski definition) is 5. The zero-order chi connectivity index (χ0) is 23.2. The highest BCUT2D eigenvalue weighted by Crippen LogP contribution is 2.42. The van der Waals surface area contributed by atoms with Crippen molar-refractivity contribution in [1.29, 1.82) is 0 Å². The number of hydrogen-bond donors (Lipinski definition) is 2. The van der Waals surface area contributed by atoms with Crippen molar-refractivity contribution in [2.24, 2.45) is 5.92 Å². The van der Waals surface area contributed by atoms with Crippen LogP contribution in [0, 0.1) is 5.92 Å². The first-order valence-electron chi connectivity index (χ1n) is 11.5. The van der Waals surface area contributed by atoms with Gasteiger partial charge in [0, 0.05) is 11.7 Å². The number of benzene rings is 2. The molecule has 0 bridgehead atoms. The van der Waals surface area contributed by atoms with Crippen molar-refractivity contribution in [3.63, 3.8) is 0 Å². The van der Waals surface area contributed by atoms with Crippen LogP contribution < -0.4 is 10.1 Å². The molecule has 1 unspecified atom stereocenters. The maximum atomic E-state index is 13.5. The predicted molar refractivity (Wildman–Crippen MR) is 132 cm³/mol. The Balaban J connectivity index is 1.52. The average molecular weight is 467 g/mol. The number of para-hydroxylation sites is 1. The fraction of sp³-hybridized carbons (Fsp3) is 0.385. The summed E-state index contributed by atoms with van der Waals surface area (Å²) in [5.74, 6) is 0.285. The molecule has 0 radical (unpaired) electrons. The molecule has 33 heavy (non-hydrogen) atoms. The highest BCUT2D eigenvalue weighted by molar-refractivity contribution is 8.05. The van der Waals surface area contributed by atoms with Crippen LogP contribution in [0.2, 0.25) is 0 Å². The van der Waals surface area contributed by atoms with Crippen molar-refractivity contribution >= 4 is 35.4 Å². The zero-order valence-electron chi connectivity index (χ0n) is 18.8. The van der Waals surface area contributed by atoms with Crippen LogP contribution in [0.25, 0.3) is 6.08 Å². The fourth-order valence-electron chi connectivity index (χ4n) is 4.44. The number of amides is 1. The van der Waals surface area contributed by atoms with Gasteiger partial charge >= 0.3 is 5.97 Å². The first-order valence-corrected chi connectivity index (χ1v) is 12.4. The number of nitrogens with zero attached hydrogens (tertiary/aromatic N) is 1. The van der Waals surface area contributed by atoms with Crippen molar-refractivity contribution in [3.05, 3.63) is 65.1 Å². The Morgan fingerprint density at radius 2 is 1.88 bits per heavy atom. The first-order chi connectivity index (χ1) is 16.0. The van der Waals surface area contributed by atoms with E-state index in [-0.39, 0.29) is 30.5 Å². The van der Waals surface area contributed by atoms with Crippen LogP contribution in [-0.4, -0.2) is 40.0 Å². The van der Waals surface area contributed by atoms with Gasteiger partial charge in [-0.15, -0.1) is 0 Å². The lowest BCUT2D eigenvalue weighted by Gasteiger charge is -2.39. The van der Waals surface area contributed by atoms with Crippen molar-refractivity contribution in [1.82, 2.24) is 4.90 Å². The molecule has 1 saturated carbocycles. The van der Waals surface area contributed by atoms with Gasteiger partial charge in [0.1, 0.15) is 5.75 Å². The molecule has 0 aromatic heterocycles. The van der Waals surface area contributed by atoms with Gasteiger partial charge in [0.15, 0.2) is 5.50 Å². The van der Waals surface area contributed by atoms with E-state index < -0.39 is 5.97 Å². The number of carboxylic acid groups (broad SMARTS) is 1. The lowest BCUT2D eigenvalue weighted by Crippen LogP contribution is -2.48. The maximum Gasteiger partial charge on any atom is 0.306 e. The van der Waals surface area contributed by atoms with Gasteiger partial charge in [-0.1, -0.05) is 61.9 Å². The Morgan fingerprint density at radius 1 is 1.15 bits per heavy atom. The summed E-state index contributed by atoms with van der Waals surface area (Å²) in [7, 11) is 0.